The van der Waals surface area contributed by atoms with Crippen LogP contribution < -0.4 is 0 Å². The zero-order valence-corrected chi connectivity index (χ0v) is 25.1. The molecule has 3 nitrogen and oxygen atoms in total. The number of carbonyl (C=O) groups excluding carboxylic acids is 1. The molecule has 0 aromatic heterocycles. The molecule has 0 amide bonds. The largest absolute Gasteiger partial charge is 0.481 e. The highest BCUT2D eigenvalue weighted by Crippen LogP contribution is 2.77. The topological polar surface area (TPSA) is 54.4 Å². The first-order valence-corrected chi connectivity index (χ1v) is 15.6. The number of allylic oxidation sites excluding steroid dienone is 3. The molecule has 6 saturated carbocycles. The molecule has 1 N–H and O–H groups in total. The smallest absolute Gasteiger partial charge is 0.309 e. The number of fused-ring (bicyclic) bond motifs is 7. The van der Waals surface area contributed by atoms with Crippen LogP contribution in [0.2, 0.25) is 0 Å². The van der Waals surface area contributed by atoms with Gasteiger partial charge in [0, 0.05) is 11.3 Å². The Morgan fingerprint density at radius 2 is 1.62 bits per heavy atom. The van der Waals surface area contributed by atoms with Crippen LogP contribution in [0.15, 0.2) is 23.8 Å². The second-order valence-corrected chi connectivity index (χ2v) is 15.8. The van der Waals surface area contributed by atoms with Crippen molar-refractivity contribution < 1.29 is 14.7 Å². The fourth-order valence-electron chi connectivity index (χ4n) is 12.2. The summed E-state index contributed by atoms with van der Waals surface area (Å²) in [6.45, 7) is 18.6. The van der Waals surface area contributed by atoms with Gasteiger partial charge in [-0.3, -0.25) is 9.59 Å². The van der Waals surface area contributed by atoms with Crippen LogP contribution in [0.25, 0.3) is 0 Å². The zero-order valence-electron chi connectivity index (χ0n) is 25.1. The molecule has 0 aromatic rings. The van der Waals surface area contributed by atoms with Gasteiger partial charge < -0.3 is 5.11 Å². The normalized spacial score (nSPS) is 50.2. The van der Waals surface area contributed by atoms with Gasteiger partial charge in [0.15, 0.2) is 5.78 Å². The van der Waals surface area contributed by atoms with Crippen LogP contribution in [0.3, 0.4) is 0 Å². The molecule has 6 aliphatic rings. The van der Waals surface area contributed by atoms with Crippen molar-refractivity contribution >= 4 is 11.8 Å². The molecule has 6 aliphatic carbocycles. The Morgan fingerprint density at radius 1 is 0.923 bits per heavy atom. The first-order valence-electron chi connectivity index (χ1n) is 15.6. The maximum Gasteiger partial charge on any atom is 0.309 e. The van der Waals surface area contributed by atoms with Gasteiger partial charge in [-0.15, -0.1) is 0 Å². The van der Waals surface area contributed by atoms with E-state index >= 15 is 0 Å². The van der Waals surface area contributed by atoms with Crippen molar-refractivity contribution in [1.82, 2.24) is 0 Å². The standard InChI is InChI=1S/C36H49O3/c1-22(2)25-14-17-36(31(38)39)19-18-34(6)26(29(25)36)12-13-28-33(5)21-24(20-23-10-8-9-11-23)30(37)32(3,4)27(33)15-16-35(28,34)7/h8-11,20,25-29H,1,12-19,21H2,2-7H3,(H,38,39)/b24-20+/t25-,26+,27-,28+,29+,33-,34+,35+,36-/m0/s1. The summed E-state index contributed by atoms with van der Waals surface area (Å²) in [4.78, 5) is 26.8. The van der Waals surface area contributed by atoms with E-state index in [1.54, 1.807) is 0 Å². The lowest BCUT2D eigenvalue weighted by molar-refractivity contribution is -0.232. The van der Waals surface area contributed by atoms with Crippen LogP contribution in [0.5, 0.6) is 0 Å². The van der Waals surface area contributed by atoms with Crippen LogP contribution in [0.1, 0.15) is 99.3 Å². The first kappa shape index (κ1) is 27.8. The van der Waals surface area contributed by atoms with Crippen molar-refractivity contribution in [2.75, 3.05) is 0 Å². The summed E-state index contributed by atoms with van der Waals surface area (Å²) in [6.07, 6.45) is 19.4. The van der Waals surface area contributed by atoms with Crippen LogP contribution >= 0.6 is 0 Å². The average Bonchev–Trinajstić information content (AvgIpc) is 3.51. The number of rotatable bonds is 3. The second-order valence-electron chi connectivity index (χ2n) is 15.8. The van der Waals surface area contributed by atoms with E-state index in [0.717, 1.165) is 69.3 Å². The highest BCUT2D eigenvalue weighted by atomic mass is 16.4. The maximum atomic E-state index is 13.9. The Morgan fingerprint density at radius 3 is 2.26 bits per heavy atom. The molecule has 5 radical (unpaired) electrons. The van der Waals surface area contributed by atoms with E-state index in [1.807, 2.05) is 0 Å². The second kappa shape index (κ2) is 8.81. The lowest BCUT2D eigenvalue weighted by Crippen LogP contribution is -2.67. The third kappa shape index (κ3) is 3.52. The number of Topliss-reactive ketones (excluding diaryl/α,β-unsaturated/α-hetero) is 1. The van der Waals surface area contributed by atoms with E-state index in [1.165, 1.54) is 5.57 Å². The van der Waals surface area contributed by atoms with Crippen molar-refractivity contribution in [3.8, 4) is 0 Å². The summed E-state index contributed by atoms with van der Waals surface area (Å²) >= 11 is 0. The molecule has 0 aliphatic heterocycles. The van der Waals surface area contributed by atoms with Crippen LogP contribution in [0.4, 0.5) is 0 Å². The van der Waals surface area contributed by atoms with Gasteiger partial charge in [0.25, 0.3) is 0 Å². The van der Waals surface area contributed by atoms with E-state index in [0.29, 0.717) is 29.5 Å². The molecule has 3 heteroatoms. The monoisotopic (exact) mass is 529 g/mol. The molecule has 0 aromatic carbocycles. The van der Waals surface area contributed by atoms with Crippen molar-refractivity contribution in [3.63, 3.8) is 0 Å². The van der Waals surface area contributed by atoms with Crippen molar-refractivity contribution in [2.24, 2.45) is 56.7 Å². The molecule has 0 unspecified atom stereocenters. The minimum atomic E-state index is -0.577. The van der Waals surface area contributed by atoms with Gasteiger partial charge in [-0.25, -0.2) is 0 Å². The van der Waals surface area contributed by atoms with Gasteiger partial charge in [-0.2, -0.15) is 0 Å². The number of carboxylic acid groups (broad SMARTS) is 1. The Kier molecular flexibility index (Phi) is 6.27. The zero-order chi connectivity index (χ0) is 28.2. The van der Waals surface area contributed by atoms with E-state index in [4.69, 9.17) is 0 Å². The predicted octanol–water partition coefficient (Wildman–Crippen LogP) is 8.24. The molecule has 6 fully saturated rings. The van der Waals surface area contributed by atoms with E-state index in [9.17, 15) is 14.7 Å². The van der Waals surface area contributed by atoms with Crippen LogP contribution in [-0.4, -0.2) is 16.9 Å². The van der Waals surface area contributed by atoms with E-state index < -0.39 is 11.4 Å². The third-order valence-corrected chi connectivity index (χ3v) is 14.1. The molecule has 211 valence electrons. The molecular formula is C36H49O3. The van der Waals surface area contributed by atoms with Gasteiger partial charge in [0.05, 0.1) is 5.41 Å². The lowest BCUT2D eigenvalue weighted by atomic mass is 9.32. The molecule has 0 bridgehead atoms. The van der Waals surface area contributed by atoms with Crippen molar-refractivity contribution in [1.29, 1.82) is 0 Å². The fourth-order valence-corrected chi connectivity index (χ4v) is 12.2. The van der Waals surface area contributed by atoms with Gasteiger partial charge in [-0.05, 0) is 142 Å². The Hall–Kier alpha value is -1.38. The molecule has 6 rings (SSSR count). The average molecular weight is 530 g/mol. The van der Waals surface area contributed by atoms with Crippen molar-refractivity contribution in [3.05, 3.63) is 55.4 Å². The number of hydrogen-bond acceptors (Lipinski definition) is 2. The number of carboxylic acids is 1. The van der Waals surface area contributed by atoms with E-state index in [2.05, 4.69) is 79.9 Å². The third-order valence-electron chi connectivity index (χ3n) is 14.1. The quantitative estimate of drug-likeness (QED) is 0.296. The summed E-state index contributed by atoms with van der Waals surface area (Å²) in [6, 6.07) is 0. The molecule has 9 atom stereocenters. The molecule has 39 heavy (non-hydrogen) atoms. The molecule has 0 spiro atoms. The van der Waals surface area contributed by atoms with Crippen LogP contribution in [0, 0.1) is 88.3 Å². The van der Waals surface area contributed by atoms with Gasteiger partial charge >= 0.3 is 5.97 Å². The Balaban J connectivity index is 1.40. The van der Waals surface area contributed by atoms with Gasteiger partial charge in [0.2, 0.25) is 0 Å². The van der Waals surface area contributed by atoms with Crippen molar-refractivity contribution in [2.45, 2.75) is 99.3 Å². The minimum Gasteiger partial charge on any atom is -0.481 e. The van der Waals surface area contributed by atoms with Gasteiger partial charge in [-0.1, -0.05) is 52.8 Å². The van der Waals surface area contributed by atoms with Gasteiger partial charge in [0.1, 0.15) is 0 Å². The number of carbonyl (C=O) groups is 2. The summed E-state index contributed by atoms with van der Waals surface area (Å²) in [5.74, 6) is 2.77. The predicted molar refractivity (Wildman–Crippen MR) is 156 cm³/mol. The number of ketones is 1. The summed E-state index contributed by atoms with van der Waals surface area (Å²) < 4.78 is 0. The number of aliphatic carboxylic acids is 1. The van der Waals surface area contributed by atoms with E-state index in [-0.39, 0.29) is 27.6 Å². The lowest BCUT2D eigenvalue weighted by Gasteiger charge is -2.72. The SMILES string of the molecule is C=C(C)[C@@H]1CC[C@]2(C(=O)O)CC[C@]3(C)[C@H](CC[C@@H]4[C@@]5(C)C/C(=C\[C]6[CH][CH][CH][CH]6)C(=O)C(C)(C)[C@@H]5CC[C@]43C)[C@@H]12. The molecule has 0 saturated heterocycles. The highest BCUT2D eigenvalue weighted by Gasteiger charge is 2.72. The molecule has 0 heterocycles. The summed E-state index contributed by atoms with van der Waals surface area (Å²) in [7, 11) is 0. The summed E-state index contributed by atoms with van der Waals surface area (Å²) in [5, 5.41) is 10.6. The minimum absolute atomic E-state index is 0.0571. The fraction of sp³-hybridized carbons (Fsp3) is 0.694. The first-order chi connectivity index (χ1) is 18.2. The highest BCUT2D eigenvalue weighted by molar-refractivity contribution is 6.01. The van der Waals surface area contributed by atoms with Crippen LogP contribution in [-0.2, 0) is 9.59 Å². The Bertz CT molecular complexity index is 1110. The summed E-state index contributed by atoms with van der Waals surface area (Å²) in [5.41, 5.74) is 1.54. The molecular weight excluding hydrogens is 480 g/mol. The number of hydrogen-bond donors (Lipinski definition) is 1. The maximum absolute atomic E-state index is 13.9. The Labute approximate surface area is 237 Å².